The van der Waals surface area contributed by atoms with Crippen LogP contribution in [0, 0.1) is 0 Å². The molecule has 22 heavy (non-hydrogen) atoms. The smallest absolute Gasteiger partial charge is 0.211 e. The summed E-state index contributed by atoms with van der Waals surface area (Å²) in [4.78, 5) is 12.7. The monoisotopic (exact) mass is 292 g/mol. The van der Waals surface area contributed by atoms with E-state index in [4.69, 9.17) is 0 Å². The number of pyridine rings is 1. The molecule has 0 saturated heterocycles. The summed E-state index contributed by atoms with van der Waals surface area (Å²) in [6.45, 7) is 0. The second-order valence-electron chi connectivity index (χ2n) is 5.55. The molecule has 5 nitrogen and oxygen atoms in total. The molecule has 0 spiro atoms. The van der Waals surface area contributed by atoms with Gasteiger partial charge in [0.1, 0.15) is 11.8 Å². The van der Waals surface area contributed by atoms with Crippen LogP contribution in [0.4, 0.5) is 5.82 Å². The summed E-state index contributed by atoms with van der Waals surface area (Å²) >= 11 is 0. The van der Waals surface area contributed by atoms with Crippen molar-refractivity contribution in [3.8, 4) is 5.88 Å². The van der Waals surface area contributed by atoms with Crippen LogP contribution in [0.1, 0.15) is 30.0 Å². The van der Waals surface area contributed by atoms with E-state index in [-0.39, 0.29) is 11.9 Å². The van der Waals surface area contributed by atoms with Crippen molar-refractivity contribution in [1.29, 1.82) is 0 Å². The number of aromatic nitrogens is 3. The van der Waals surface area contributed by atoms with E-state index in [9.17, 15) is 5.11 Å². The Kier molecular flexibility index (Phi) is 3.11. The van der Waals surface area contributed by atoms with Crippen molar-refractivity contribution in [3.63, 3.8) is 0 Å². The first kappa shape index (κ1) is 13.0. The minimum Gasteiger partial charge on any atom is -0.493 e. The molecule has 4 rings (SSSR count). The van der Waals surface area contributed by atoms with Crippen molar-refractivity contribution in [3.05, 3.63) is 53.9 Å². The molecule has 110 valence electrons. The number of benzene rings is 1. The molecule has 0 aliphatic heterocycles. The van der Waals surface area contributed by atoms with Gasteiger partial charge in [-0.25, -0.2) is 15.0 Å². The standard InChI is InChI=1S/C17H16N4O/c22-15-9-8-14-16(21-15)17(19-10-18-14)20-13-7-3-5-11-4-1-2-6-12(11)13/h1-2,4,6,8-10,13H,3,5,7H2,(H,21,22)(H,18,19,20)/t13-/m0/s1. The van der Waals surface area contributed by atoms with Gasteiger partial charge in [0, 0.05) is 6.07 Å². The van der Waals surface area contributed by atoms with E-state index in [1.54, 1.807) is 6.07 Å². The van der Waals surface area contributed by atoms with E-state index >= 15 is 0 Å². The quantitative estimate of drug-likeness (QED) is 0.759. The molecule has 0 fully saturated rings. The van der Waals surface area contributed by atoms with Crippen molar-refractivity contribution in [1.82, 2.24) is 15.0 Å². The number of aromatic hydroxyl groups is 1. The highest BCUT2D eigenvalue weighted by atomic mass is 16.3. The van der Waals surface area contributed by atoms with Crippen LogP contribution >= 0.6 is 0 Å². The fourth-order valence-corrected chi connectivity index (χ4v) is 3.10. The van der Waals surface area contributed by atoms with E-state index in [0.717, 1.165) is 24.8 Å². The van der Waals surface area contributed by atoms with Crippen LogP contribution < -0.4 is 5.32 Å². The van der Waals surface area contributed by atoms with Crippen LogP contribution in [0.15, 0.2) is 42.7 Å². The third kappa shape index (κ3) is 2.24. The van der Waals surface area contributed by atoms with Crippen LogP contribution in [-0.4, -0.2) is 20.1 Å². The van der Waals surface area contributed by atoms with Gasteiger partial charge in [-0.15, -0.1) is 0 Å². The average Bonchev–Trinajstić information content (AvgIpc) is 2.56. The normalized spacial score (nSPS) is 17.2. The Labute approximate surface area is 128 Å². The van der Waals surface area contributed by atoms with Gasteiger partial charge in [0.05, 0.1) is 11.6 Å². The average molecular weight is 292 g/mol. The van der Waals surface area contributed by atoms with Gasteiger partial charge in [-0.3, -0.25) is 0 Å². The minimum absolute atomic E-state index is 0.0191. The highest BCUT2D eigenvalue weighted by molar-refractivity contribution is 5.85. The topological polar surface area (TPSA) is 70.9 Å². The molecular formula is C17H16N4O. The van der Waals surface area contributed by atoms with Crippen molar-refractivity contribution >= 4 is 16.9 Å². The highest BCUT2D eigenvalue weighted by Crippen LogP contribution is 2.33. The van der Waals surface area contributed by atoms with Crippen molar-refractivity contribution < 1.29 is 5.11 Å². The first-order valence-electron chi connectivity index (χ1n) is 7.46. The van der Waals surface area contributed by atoms with Gasteiger partial charge in [-0.05, 0) is 36.5 Å². The van der Waals surface area contributed by atoms with Gasteiger partial charge in [0.15, 0.2) is 5.82 Å². The molecule has 1 aliphatic rings. The fraction of sp³-hybridized carbons (Fsp3) is 0.235. The van der Waals surface area contributed by atoms with Crippen LogP contribution in [-0.2, 0) is 6.42 Å². The zero-order valence-electron chi connectivity index (χ0n) is 12.0. The molecule has 1 aliphatic carbocycles. The molecule has 5 heteroatoms. The van der Waals surface area contributed by atoms with Gasteiger partial charge >= 0.3 is 0 Å². The van der Waals surface area contributed by atoms with E-state index in [1.165, 1.54) is 23.5 Å². The highest BCUT2D eigenvalue weighted by Gasteiger charge is 2.21. The first-order chi connectivity index (χ1) is 10.8. The zero-order chi connectivity index (χ0) is 14.9. The minimum atomic E-state index is -0.0191. The van der Waals surface area contributed by atoms with Gasteiger partial charge < -0.3 is 10.4 Å². The van der Waals surface area contributed by atoms with Gasteiger partial charge in [0.2, 0.25) is 5.88 Å². The number of hydrogen-bond acceptors (Lipinski definition) is 5. The Bertz CT molecular complexity index is 834. The predicted molar refractivity (Wildman–Crippen MR) is 84.7 cm³/mol. The maximum Gasteiger partial charge on any atom is 0.211 e. The van der Waals surface area contributed by atoms with Crippen LogP contribution in [0.25, 0.3) is 11.0 Å². The number of fused-ring (bicyclic) bond motifs is 2. The lowest BCUT2D eigenvalue weighted by atomic mass is 9.88. The predicted octanol–water partition coefficient (Wildman–Crippen LogP) is 3.22. The lowest BCUT2D eigenvalue weighted by molar-refractivity contribution is 0.455. The number of hydrogen-bond donors (Lipinski definition) is 2. The molecule has 0 radical (unpaired) electrons. The number of aryl methyl sites for hydroxylation is 1. The van der Waals surface area contributed by atoms with E-state index < -0.39 is 0 Å². The van der Waals surface area contributed by atoms with Crippen molar-refractivity contribution in [2.75, 3.05) is 5.32 Å². The van der Waals surface area contributed by atoms with E-state index in [2.05, 4.69) is 44.5 Å². The summed E-state index contributed by atoms with van der Waals surface area (Å²) in [5, 5.41) is 13.1. The summed E-state index contributed by atoms with van der Waals surface area (Å²) in [5.41, 5.74) is 4.03. The van der Waals surface area contributed by atoms with Gasteiger partial charge in [0.25, 0.3) is 0 Å². The summed E-state index contributed by atoms with van der Waals surface area (Å²) < 4.78 is 0. The second kappa shape index (κ2) is 5.26. The summed E-state index contributed by atoms with van der Waals surface area (Å²) in [7, 11) is 0. The van der Waals surface area contributed by atoms with Crippen LogP contribution in [0.5, 0.6) is 5.88 Å². The third-order valence-electron chi connectivity index (χ3n) is 4.15. The Hall–Kier alpha value is -2.69. The summed E-state index contributed by atoms with van der Waals surface area (Å²) in [6, 6.07) is 12.0. The Morgan fingerprint density at radius 1 is 1.09 bits per heavy atom. The maximum atomic E-state index is 9.62. The largest absolute Gasteiger partial charge is 0.493 e. The molecule has 2 heterocycles. The molecule has 1 atom stereocenters. The first-order valence-corrected chi connectivity index (χ1v) is 7.46. The zero-order valence-corrected chi connectivity index (χ0v) is 12.0. The van der Waals surface area contributed by atoms with E-state index in [0.29, 0.717) is 11.3 Å². The number of nitrogens with one attached hydrogen (secondary N) is 1. The molecule has 2 aromatic heterocycles. The molecule has 2 N–H and O–H groups in total. The van der Waals surface area contributed by atoms with Gasteiger partial charge in [-0.1, -0.05) is 24.3 Å². The molecule has 0 amide bonds. The van der Waals surface area contributed by atoms with Crippen LogP contribution in [0.3, 0.4) is 0 Å². The van der Waals surface area contributed by atoms with Crippen molar-refractivity contribution in [2.45, 2.75) is 25.3 Å². The maximum absolute atomic E-state index is 9.62. The lowest BCUT2D eigenvalue weighted by Gasteiger charge is -2.26. The fourth-order valence-electron chi connectivity index (χ4n) is 3.10. The van der Waals surface area contributed by atoms with Crippen molar-refractivity contribution in [2.24, 2.45) is 0 Å². The SMILES string of the molecule is Oc1ccc2ncnc(N[C@H]3CCCc4ccccc43)c2n1. The molecule has 3 aromatic rings. The Morgan fingerprint density at radius 2 is 2.00 bits per heavy atom. The Balaban J connectivity index is 1.74. The lowest BCUT2D eigenvalue weighted by Crippen LogP contribution is -2.18. The molecule has 0 bridgehead atoms. The summed E-state index contributed by atoms with van der Waals surface area (Å²) in [5.74, 6) is 0.650. The van der Waals surface area contributed by atoms with E-state index in [1.807, 2.05) is 0 Å². The summed E-state index contributed by atoms with van der Waals surface area (Å²) in [6.07, 6.45) is 4.85. The molecule has 1 aromatic carbocycles. The molecule has 0 saturated carbocycles. The Morgan fingerprint density at radius 3 is 2.95 bits per heavy atom. The molecular weight excluding hydrogens is 276 g/mol. The number of anilines is 1. The van der Waals surface area contributed by atoms with Crippen LogP contribution in [0.2, 0.25) is 0 Å². The third-order valence-corrected chi connectivity index (χ3v) is 4.15. The second-order valence-corrected chi connectivity index (χ2v) is 5.55. The number of rotatable bonds is 2. The van der Waals surface area contributed by atoms with Gasteiger partial charge in [-0.2, -0.15) is 0 Å². The number of nitrogens with zero attached hydrogens (tertiary/aromatic N) is 3. The molecule has 0 unspecified atom stereocenters.